The minimum atomic E-state index is -0.190. The van der Waals surface area contributed by atoms with Crippen molar-refractivity contribution < 1.29 is 9.32 Å². The molecule has 0 unspecified atom stereocenters. The van der Waals surface area contributed by atoms with E-state index in [1.165, 1.54) is 11.8 Å². The first-order valence-electron chi connectivity index (χ1n) is 6.81. The summed E-state index contributed by atoms with van der Waals surface area (Å²) in [7, 11) is 0. The maximum atomic E-state index is 11.8. The Bertz CT molecular complexity index is 789. The van der Waals surface area contributed by atoms with Crippen molar-refractivity contribution in [2.24, 2.45) is 0 Å². The molecule has 23 heavy (non-hydrogen) atoms. The number of anilines is 1. The van der Waals surface area contributed by atoms with Gasteiger partial charge in [-0.2, -0.15) is 0 Å². The van der Waals surface area contributed by atoms with Gasteiger partial charge in [0.15, 0.2) is 0 Å². The molecule has 0 aromatic carbocycles. The molecule has 3 aromatic rings. The summed E-state index contributed by atoms with van der Waals surface area (Å²) in [5.41, 5.74) is 2.35. The number of rotatable bonds is 5. The van der Waals surface area contributed by atoms with Gasteiger partial charge in [0.2, 0.25) is 11.8 Å². The summed E-state index contributed by atoms with van der Waals surface area (Å²) in [6.07, 6.45) is 3.43. The number of aromatic nitrogens is 4. The van der Waals surface area contributed by atoms with Crippen LogP contribution in [0.25, 0.3) is 11.3 Å². The molecular weight excluding hydrogens is 314 g/mol. The SMILES string of the molecule is Cc1cc(NC(=O)CSc2ccc(-c3cccnc3)nn2)on1. The quantitative estimate of drug-likeness (QED) is 0.720. The van der Waals surface area contributed by atoms with Crippen LogP contribution in [0.4, 0.5) is 5.88 Å². The molecule has 1 N–H and O–H groups in total. The van der Waals surface area contributed by atoms with E-state index >= 15 is 0 Å². The van der Waals surface area contributed by atoms with E-state index in [0.29, 0.717) is 16.6 Å². The number of carbonyl (C=O) groups is 1. The third kappa shape index (κ3) is 4.13. The first-order valence-corrected chi connectivity index (χ1v) is 7.79. The van der Waals surface area contributed by atoms with Crippen LogP contribution in [0.1, 0.15) is 5.69 Å². The van der Waals surface area contributed by atoms with E-state index in [1.807, 2.05) is 24.3 Å². The summed E-state index contributed by atoms with van der Waals surface area (Å²) in [6, 6.07) is 9.09. The smallest absolute Gasteiger partial charge is 0.237 e. The van der Waals surface area contributed by atoms with Crippen LogP contribution in [0, 0.1) is 6.92 Å². The lowest BCUT2D eigenvalue weighted by Crippen LogP contribution is -2.13. The number of aryl methyl sites for hydroxylation is 1. The number of hydrogen-bond donors (Lipinski definition) is 1. The van der Waals surface area contributed by atoms with E-state index in [0.717, 1.165) is 11.3 Å². The molecule has 8 heteroatoms. The van der Waals surface area contributed by atoms with Gasteiger partial charge in [0, 0.05) is 24.0 Å². The lowest BCUT2D eigenvalue weighted by molar-refractivity contribution is -0.113. The van der Waals surface area contributed by atoms with Gasteiger partial charge in [-0.15, -0.1) is 10.2 Å². The van der Waals surface area contributed by atoms with E-state index in [4.69, 9.17) is 4.52 Å². The standard InChI is InChI=1S/C15H13N5O2S/c1-10-7-14(22-20-10)17-13(21)9-23-15-5-4-12(18-19-15)11-3-2-6-16-8-11/h2-8H,9H2,1H3,(H,17,21). The van der Waals surface area contributed by atoms with Crippen molar-refractivity contribution in [2.75, 3.05) is 11.1 Å². The lowest BCUT2D eigenvalue weighted by Gasteiger charge is -2.02. The number of hydrogen-bond acceptors (Lipinski definition) is 7. The van der Waals surface area contributed by atoms with Crippen LogP contribution in [0.2, 0.25) is 0 Å². The van der Waals surface area contributed by atoms with Crippen molar-refractivity contribution in [3.05, 3.63) is 48.4 Å². The van der Waals surface area contributed by atoms with Gasteiger partial charge in [0.25, 0.3) is 0 Å². The van der Waals surface area contributed by atoms with Gasteiger partial charge in [-0.25, -0.2) is 0 Å². The van der Waals surface area contributed by atoms with Crippen LogP contribution in [-0.4, -0.2) is 32.0 Å². The van der Waals surface area contributed by atoms with Gasteiger partial charge in [-0.3, -0.25) is 15.1 Å². The molecule has 0 aliphatic heterocycles. The molecule has 0 aliphatic rings. The second kappa shape index (κ2) is 7.01. The molecule has 3 aromatic heterocycles. The number of nitrogens with one attached hydrogen (secondary N) is 1. The first-order chi connectivity index (χ1) is 11.2. The summed E-state index contributed by atoms with van der Waals surface area (Å²) in [5, 5.41) is 15.2. The van der Waals surface area contributed by atoms with Crippen LogP contribution < -0.4 is 5.32 Å². The van der Waals surface area contributed by atoms with Gasteiger partial charge in [-0.1, -0.05) is 16.9 Å². The largest absolute Gasteiger partial charge is 0.338 e. The van der Waals surface area contributed by atoms with E-state index in [1.54, 1.807) is 25.4 Å². The monoisotopic (exact) mass is 327 g/mol. The molecular formula is C15H13N5O2S. The molecule has 0 spiro atoms. The fourth-order valence-electron chi connectivity index (χ4n) is 1.80. The first kappa shape index (κ1) is 15.2. The topological polar surface area (TPSA) is 93.8 Å². The Kier molecular flexibility index (Phi) is 4.62. The number of pyridine rings is 1. The highest BCUT2D eigenvalue weighted by Crippen LogP contribution is 2.19. The maximum absolute atomic E-state index is 11.8. The highest BCUT2D eigenvalue weighted by Gasteiger charge is 2.08. The normalized spacial score (nSPS) is 10.5. The van der Waals surface area contributed by atoms with Crippen molar-refractivity contribution in [1.29, 1.82) is 0 Å². The zero-order valence-corrected chi connectivity index (χ0v) is 13.1. The highest BCUT2D eigenvalue weighted by molar-refractivity contribution is 7.99. The number of thioether (sulfide) groups is 1. The predicted octanol–water partition coefficient (Wildman–Crippen LogP) is 2.57. The molecule has 7 nitrogen and oxygen atoms in total. The summed E-state index contributed by atoms with van der Waals surface area (Å²) in [6.45, 7) is 1.79. The Hall–Kier alpha value is -2.74. The van der Waals surface area contributed by atoms with Crippen molar-refractivity contribution in [1.82, 2.24) is 20.3 Å². The molecule has 3 rings (SSSR count). The summed E-state index contributed by atoms with van der Waals surface area (Å²) in [4.78, 5) is 15.9. The molecule has 0 atom stereocenters. The van der Waals surface area contributed by atoms with Crippen LogP contribution >= 0.6 is 11.8 Å². The molecule has 0 saturated carbocycles. The van der Waals surface area contributed by atoms with Crippen LogP contribution in [0.3, 0.4) is 0 Å². The van der Waals surface area contributed by atoms with Crippen molar-refractivity contribution >= 4 is 23.6 Å². The Morgan fingerprint density at radius 3 is 2.87 bits per heavy atom. The van der Waals surface area contributed by atoms with Crippen molar-refractivity contribution in [3.8, 4) is 11.3 Å². The maximum Gasteiger partial charge on any atom is 0.237 e. The summed E-state index contributed by atoms with van der Waals surface area (Å²) >= 11 is 1.30. The molecule has 0 bridgehead atoms. The Morgan fingerprint density at radius 2 is 2.22 bits per heavy atom. The Labute approximate surface area is 136 Å². The average Bonchev–Trinajstić information content (AvgIpc) is 2.99. The highest BCUT2D eigenvalue weighted by atomic mass is 32.2. The van der Waals surface area contributed by atoms with Crippen LogP contribution in [0.5, 0.6) is 0 Å². The second-order valence-electron chi connectivity index (χ2n) is 4.67. The number of amides is 1. The number of carbonyl (C=O) groups excluding carboxylic acids is 1. The summed E-state index contributed by atoms with van der Waals surface area (Å²) in [5.74, 6) is 0.358. The molecule has 0 aliphatic carbocycles. The Balaban J connectivity index is 1.55. The predicted molar refractivity (Wildman–Crippen MR) is 85.9 cm³/mol. The zero-order valence-electron chi connectivity index (χ0n) is 12.3. The van der Waals surface area contributed by atoms with Gasteiger partial charge in [0.1, 0.15) is 5.03 Å². The Morgan fingerprint density at radius 1 is 1.30 bits per heavy atom. The molecule has 116 valence electrons. The molecule has 0 fully saturated rings. The fourth-order valence-corrected chi connectivity index (χ4v) is 2.41. The van der Waals surface area contributed by atoms with E-state index in [9.17, 15) is 4.79 Å². The van der Waals surface area contributed by atoms with Gasteiger partial charge >= 0.3 is 0 Å². The average molecular weight is 327 g/mol. The van der Waals surface area contributed by atoms with Crippen molar-refractivity contribution in [2.45, 2.75) is 11.9 Å². The van der Waals surface area contributed by atoms with Crippen LogP contribution in [-0.2, 0) is 4.79 Å². The molecule has 3 heterocycles. The fraction of sp³-hybridized carbons (Fsp3) is 0.133. The third-order valence-corrected chi connectivity index (χ3v) is 3.76. The van der Waals surface area contributed by atoms with E-state index < -0.39 is 0 Å². The molecule has 1 amide bonds. The molecule has 0 radical (unpaired) electrons. The van der Waals surface area contributed by atoms with E-state index in [2.05, 4.69) is 25.7 Å². The third-order valence-electron chi connectivity index (χ3n) is 2.84. The van der Waals surface area contributed by atoms with E-state index in [-0.39, 0.29) is 11.7 Å². The second-order valence-corrected chi connectivity index (χ2v) is 5.66. The minimum Gasteiger partial charge on any atom is -0.338 e. The van der Waals surface area contributed by atoms with Gasteiger partial charge < -0.3 is 4.52 Å². The lowest BCUT2D eigenvalue weighted by atomic mass is 10.2. The zero-order chi connectivity index (χ0) is 16.1. The summed E-state index contributed by atoms with van der Waals surface area (Å²) < 4.78 is 4.93. The van der Waals surface area contributed by atoms with Gasteiger partial charge in [0.05, 0.1) is 17.1 Å². The minimum absolute atomic E-state index is 0.190. The number of nitrogens with zero attached hydrogens (tertiary/aromatic N) is 4. The van der Waals surface area contributed by atoms with Crippen LogP contribution in [0.15, 0.2) is 52.3 Å². The van der Waals surface area contributed by atoms with Gasteiger partial charge in [-0.05, 0) is 31.2 Å². The van der Waals surface area contributed by atoms with Crippen molar-refractivity contribution in [3.63, 3.8) is 0 Å². The molecule has 0 saturated heterocycles.